The average Bonchev–Trinajstić information content (AvgIpc) is 2.79. The van der Waals surface area contributed by atoms with E-state index in [0.717, 1.165) is 86.7 Å². The van der Waals surface area contributed by atoms with Crippen LogP contribution < -0.4 is 14.7 Å². The Morgan fingerprint density at radius 2 is 1.45 bits per heavy atom. The molecule has 0 N–H and O–H groups in total. The predicted molar refractivity (Wildman–Crippen MR) is 114 cm³/mol. The van der Waals surface area contributed by atoms with Crippen molar-refractivity contribution in [3.05, 3.63) is 42.5 Å². The fourth-order valence-electron chi connectivity index (χ4n) is 4.04. The summed E-state index contributed by atoms with van der Waals surface area (Å²) in [5.41, 5.74) is 0.988. The SMILES string of the molecule is Cc1nc(N2CCOCC2)cc(N2CCN(c3ncnc4ccccc34)CC2)n1. The zero-order valence-corrected chi connectivity index (χ0v) is 16.7. The summed E-state index contributed by atoms with van der Waals surface area (Å²) in [5, 5.41) is 1.11. The predicted octanol–water partition coefficient (Wildman–Crippen LogP) is 1.89. The number of ether oxygens (including phenoxy) is 1. The lowest BCUT2D eigenvalue weighted by atomic mass is 10.2. The quantitative estimate of drug-likeness (QED) is 0.670. The van der Waals surface area contributed by atoms with E-state index in [2.05, 4.69) is 41.8 Å². The Morgan fingerprint density at radius 3 is 2.21 bits per heavy atom. The first-order chi connectivity index (χ1) is 14.3. The highest BCUT2D eigenvalue weighted by Crippen LogP contribution is 2.26. The summed E-state index contributed by atoms with van der Waals surface area (Å²) in [6.07, 6.45) is 1.66. The van der Waals surface area contributed by atoms with Gasteiger partial charge in [0.2, 0.25) is 0 Å². The molecular weight excluding hydrogens is 366 g/mol. The van der Waals surface area contributed by atoms with Crippen molar-refractivity contribution in [3.63, 3.8) is 0 Å². The third kappa shape index (κ3) is 3.67. The highest BCUT2D eigenvalue weighted by Gasteiger charge is 2.22. The van der Waals surface area contributed by atoms with Gasteiger partial charge in [-0.05, 0) is 19.1 Å². The van der Waals surface area contributed by atoms with E-state index in [1.54, 1.807) is 6.33 Å². The van der Waals surface area contributed by atoms with E-state index in [4.69, 9.17) is 9.72 Å². The third-order valence-electron chi connectivity index (χ3n) is 5.57. The van der Waals surface area contributed by atoms with Crippen LogP contribution in [0.3, 0.4) is 0 Å². The Labute approximate surface area is 170 Å². The second kappa shape index (κ2) is 7.79. The second-order valence-electron chi connectivity index (χ2n) is 7.42. The van der Waals surface area contributed by atoms with Gasteiger partial charge in [0.05, 0.1) is 18.7 Å². The molecule has 0 saturated carbocycles. The Balaban J connectivity index is 1.33. The first-order valence-corrected chi connectivity index (χ1v) is 10.2. The van der Waals surface area contributed by atoms with Gasteiger partial charge in [-0.25, -0.2) is 19.9 Å². The number of nitrogens with zero attached hydrogens (tertiary/aromatic N) is 7. The number of piperazine rings is 1. The highest BCUT2D eigenvalue weighted by molar-refractivity contribution is 5.89. The van der Waals surface area contributed by atoms with Crippen molar-refractivity contribution in [2.45, 2.75) is 6.92 Å². The number of para-hydroxylation sites is 1. The molecule has 8 nitrogen and oxygen atoms in total. The molecule has 2 aliphatic rings. The van der Waals surface area contributed by atoms with Crippen molar-refractivity contribution in [3.8, 4) is 0 Å². The number of hydrogen-bond acceptors (Lipinski definition) is 8. The van der Waals surface area contributed by atoms with Gasteiger partial charge in [0.1, 0.15) is 29.6 Å². The number of anilines is 3. The molecule has 2 saturated heterocycles. The largest absolute Gasteiger partial charge is 0.378 e. The van der Waals surface area contributed by atoms with Crippen molar-refractivity contribution in [2.75, 3.05) is 67.2 Å². The van der Waals surface area contributed by atoms with E-state index in [1.165, 1.54) is 0 Å². The molecule has 3 aromatic rings. The van der Waals surface area contributed by atoms with Gasteiger partial charge in [0.25, 0.3) is 0 Å². The number of benzene rings is 1. The van der Waals surface area contributed by atoms with Crippen molar-refractivity contribution >= 4 is 28.4 Å². The number of fused-ring (bicyclic) bond motifs is 1. The lowest BCUT2D eigenvalue weighted by Crippen LogP contribution is -2.47. The standard InChI is InChI=1S/C21H25N7O/c1-16-24-19(14-20(25-16)27-10-12-29-13-11-27)26-6-8-28(9-7-26)21-17-4-2-3-5-18(17)22-15-23-21/h2-5,14-15H,6-13H2,1H3. The van der Waals surface area contributed by atoms with Gasteiger partial charge >= 0.3 is 0 Å². The van der Waals surface area contributed by atoms with Crippen LogP contribution in [0.5, 0.6) is 0 Å². The second-order valence-corrected chi connectivity index (χ2v) is 7.42. The lowest BCUT2D eigenvalue weighted by Gasteiger charge is -2.37. The maximum absolute atomic E-state index is 5.47. The monoisotopic (exact) mass is 391 g/mol. The Bertz CT molecular complexity index is 992. The summed E-state index contributed by atoms with van der Waals surface area (Å²) in [6.45, 7) is 8.84. The first-order valence-electron chi connectivity index (χ1n) is 10.2. The molecule has 0 spiro atoms. The summed E-state index contributed by atoms with van der Waals surface area (Å²) in [7, 11) is 0. The maximum atomic E-state index is 5.47. The molecule has 8 heteroatoms. The number of rotatable bonds is 3. The van der Waals surface area contributed by atoms with Gasteiger partial charge in [-0.3, -0.25) is 0 Å². The van der Waals surface area contributed by atoms with E-state index in [1.807, 2.05) is 25.1 Å². The van der Waals surface area contributed by atoms with Gasteiger partial charge in [0, 0.05) is 50.7 Å². The minimum Gasteiger partial charge on any atom is -0.378 e. The average molecular weight is 391 g/mol. The Kier molecular flexibility index (Phi) is 4.85. The topological polar surface area (TPSA) is 70.5 Å². The van der Waals surface area contributed by atoms with Crippen LogP contribution in [0.25, 0.3) is 10.9 Å². The minimum absolute atomic E-state index is 0.754. The van der Waals surface area contributed by atoms with E-state index in [9.17, 15) is 0 Å². The molecule has 2 aliphatic heterocycles. The van der Waals surface area contributed by atoms with Crippen LogP contribution in [0.15, 0.2) is 36.7 Å². The van der Waals surface area contributed by atoms with Gasteiger partial charge < -0.3 is 19.4 Å². The maximum Gasteiger partial charge on any atom is 0.140 e. The summed E-state index contributed by atoms with van der Waals surface area (Å²) in [6, 6.07) is 10.3. The number of aryl methyl sites for hydroxylation is 1. The molecule has 0 aliphatic carbocycles. The molecule has 0 amide bonds. The molecule has 2 fully saturated rings. The highest BCUT2D eigenvalue weighted by atomic mass is 16.5. The van der Waals surface area contributed by atoms with Crippen LogP contribution in [-0.4, -0.2) is 72.4 Å². The number of hydrogen-bond donors (Lipinski definition) is 0. The van der Waals surface area contributed by atoms with Crippen molar-refractivity contribution in [1.82, 2.24) is 19.9 Å². The zero-order chi connectivity index (χ0) is 19.6. The summed E-state index contributed by atoms with van der Waals surface area (Å²) in [4.78, 5) is 25.3. The van der Waals surface area contributed by atoms with E-state index in [-0.39, 0.29) is 0 Å². The molecule has 0 unspecified atom stereocenters. The van der Waals surface area contributed by atoms with Crippen LogP contribution in [0.2, 0.25) is 0 Å². The Hall–Kier alpha value is -3.00. The molecule has 0 radical (unpaired) electrons. The third-order valence-corrected chi connectivity index (χ3v) is 5.57. The van der Waals surface area contributed by atoms with Crippen LogP contribution in [0.1, 0.15) is 5.82 Å². The molecule has 2 aromatic heterocycles. The summed E-state index contributed by atoms with van der Waals surface area (Å²) >= 11 is 0. The number of morpholine rings is 1. The van der Waals surface area contributed by atoms with Gasteiger partial charge in [-0.1, -0.05) is 12.1 Å². The lowest BCUT2D eigenvalue weighted by molar-refractivity contribution is 0.122. The van der Waals surface area contributed by atoms with Crippen LogP contribution >= 0.6 is 0 Å². The minimum atomic E-state index is 0.754. The molecule has 1 aromatic carbocycles. The van der Waals surface area contributed by atoms with Crippen molar-refractivity contribution < 1.29 is 4.74 Å². The molecule has 4 heterocycles. The molecule has 5 rings (SSSR count). The van der Waals surface area contributed by atoms with E-state index in [0.29, 0.717) is 0 Å². The summed E-state index contributed by atoms with van der Waals surface area (Å²) in [5.74, 6) is 3.84. The number of aromatic nitrogens is 4. The zero-order valence-electron chi connectivity index (χ0n) is 16.7. The van der Waals surface area contributed by atoms with Crippen LogP contribution in [-0.2, 0) is 4.74 Å². The van der Waals surface area contributed by atoms with Crippen LogP contribution in [0.4, 0.5) is 17.5 Å². The fraction of sp³-hybridized carbons (Fsp3) is 0.429. The normalized spacial score (nSPS) is 17.8. The van der Waals surface area contributed by atoms with Gasteiger partial charge in [-0.15, -0.1) is 0 Å². The van der Waals surface area contributed by atoms with E-state index >= 15 is 0 Å². The molecule has 150 valence electrons. The van der Waals surface area contributed by atoms with Crippen molar-refractivity contribution in [2.24, 2.45) is 0 Å². The Morgan fingerprint density at radius 1 is 0.793 bits per heavy atom. The molecule has 29 heavy (non-hydrogen) atoms. The van der Waals surface area contributed by atoms with E-state index < -0.39 is 0 Å². The van der Waals surface area contributed by atoms with Gasteiger partial charge in [0.15, 0.2) is 0 Å². The fourth-order valence-corrected chi connectivity index (χ4v) is 4.04. The molecule has 0 bridgehead atoms. The van der Waals surface area contributed by atoms with Crippen LogP contribution in [0, 0.1) is 6.92 Å². The van der Waals surface area contributed by atoms with Crippen molar-refractivity contribution in [1.29, 1.82) is 0 Å². The molecule has 0 atom stereocenters. The van der Waals surface area contributed by atoms with Gasteiger partial charge in [-0.2, -0.15) is 0 Å². The first kappa shape index (κ1) is 18.1. The summed E-state index contributed by atoms with van der Waals surface area (Å²) < 4.78 is 5.47. The molecular formula is C21H25N7O. The smallest absolute Gasteiger partial charge is 0.140 e.